The predicted molar refractivity (Wildman–Crippen MR) is 131 cm³/mol. The highest BCUT2D eigenvalue weighted by Crippen LogP contribution is 2.44. The van der Waals surface area contributed by atoms with E-state index in [0.717, 1.165) is 11.1 Å². The van der Waals surface area contributed by atoms with E-state index in [1.165, 1.54) is 28.3 Å². The van der Waals surface area contributed by atoms with E-state index in [9.17, 15) is 13.6 Å². The Hall–Kier alpha value is -3.71. The highest BCUT2D eigenvalue weighted by atomic mass is 19.3. The minimum absolute atomic E-state index is 0.00842. The van der Waals surface area contributed by atoms with Crippen LogP contribution in [0.5, 0.6) is 5.75 Å². The molecule has 184 valence electrons. The first-order valence-corrected chi connectivity index (χ1v) is 12.1. The van der Waals surface area contributed by atoms with Gasteiger partial charge < -0.3 is 14.2 Å². The summed E-state index contributed by atoms with van der Waals surface area (Å²) in [6.45, 7) is -1.87. The van der Waals surface area contributed by atoms with Crippen molar-refractivity contribution < 1.29 is 27.8 Å². The van der Waals surface area contributed by atoms with Crippen LogP contribution in [-0.4, -0.2) is 49.5 Å². The average molecular weight is 490 g/mol. The topological polar surface area (TPSA) is 48.0 Å². The Labute approximate surface area is 207 Å². The number of hydrogen-bond donors (Lipinski definition) is 0. The third kappa shape index (κ3) is 4.13. The van der Waals surface area contributed by atoms with Gasteiger partial charge in [-0.1, -0.05) is 66.7 Å². The first-order valence-electron chi connectivity index (χ1n) is 12.1. The van der Waals surface area contributed by atoms with E-state index in [1.54, 1.807) is 17.0 Å². The van der Waals surface area contributed by atoms with Crippen molar-refractivity contribution in [3.8, 4) is 16.9 Å². The average Bonchev–Trinajstić information content (AvgIpc) is 3.20. The molecule has 1 aliphatic carbocycles. The van der Waals surface area contributed by atoms with Gasteiger partial charge in [0.05, 0.1) is 25.3 Å². The van der Waals surface area contributed by atoms with Crippen molar-refractivity contribution >= 4 is 11.7 Å². The summed E-state index contributed by atoms with van der Waals surface area (Å²) < 4.78 is 41.5. The molecule has 3 aromatic carbocycles. The molecule has 1 amide bonds. The van der Waals surface area contributed by atoms with Gasteiger partial charge >= 0.3 is 12.7 Å². The number of halogens is 2. The molecule has 1 fully saturated rings. The van der Waals surface area contributed by atoms with Crippen LogP contribution in [0, 0.1) is 0 Å². The molecule has 0 radical (unpaired) electrons. The molecule has 6 rings (SSSR count). The highest BCUT2D eigenvalue weighted by Gasteiger charge is 2.40. The number of alkyl halides is 2. The molecule has 5 nitrogen and oxygen atoms in total. The van der Waals surface area contributed by atoms with Gasteiger partial charge in [0.1, 0.15) is 12.4 Å². The molecular weight excluding hydrogens is 464 g/mol. The lowest BCUT2D eigenvalue weighted by Gasteiger charge is -2.44. The number of rotatable bonds is 5. The number of fused-ring (bicyclic) bond motifs is 5. The lowest BCUT2D eigenvalue weighted by molar-refractivity contribution is -0.0498. The molecule has 3 aliphatic rings. The fraction of sp³-hybridized carbons (Fsp3) is 0.276. The van der Waals surface area contributed by atoms with E-state index in [2.05, 4.69) is 29.0 Å². The summed E-state index contributed by atoms with van der Waals surface area (Å²) in [5.74, 6) is 0.106. The first-order chi connectivity index (χ1) is 17.6. The summed E-state index contributed by atoms with van der Waals surface area (Å²) in [7, 11) is 0. The van der Waals surface area contributed by atoms with Crippen molar-refractivity contribution in [1.82, 2.24) is 4.90 Å². The van der Waals surface area contributed by atoms with Gasteiger partial charge in [0.25, 0.3) is 0 Å². The van der Waals surface area contributed by atoms with E-state index in [0.29, 0.717) is 19.6 Å². The molecule has 2 bridgehead atoms. The summed E-state index contributed by atoms with van der Waals surface area (Å²) in [5.41, 5.74) is 6.49. The van der Waals surface area contributed by atoms with Gasteiger partial charge in [-0.2, -0.15) is 8.78 Å². The number of hydrogen-bond acceptors (Lipinski definition) is 4. The monoisotopic (exact) mass is 489 g/mol. The summed E-state index contributed by atoms with van der Waals surface area (Å²) in [6, 6.07) is 22.7. The van der Waals surface area contributed by atoms with Crippen molar-refractivity contribution in [3.05, 3.63) is 95.6 Å². The zero-order chi connectivity index (χ0) is 24.6. The van der Waals surface area contributed by atoms with E-state index in [-0.39, 0.29) is 36.5 Å². The SMILES string of the molecule is O=C(OCC1c2ccccc2-c2ccccc21)N1C2C=C(c3cccc(OC(F)F)c3)CC1COC2. The Bertz CT molecular complexity index is 1280. The van der Waals surface area contributed by atoms with Crippen molar-refractivity contribution in [3.63, 3.8) is 0 Å². The van der Waals surface area contributed by atoms with Crippen LogP contribution in [0.4, 0.5) is 13.6 Å². The quantitative estimate of drug-likeness (QED) is 0.435. The van der Waals surface area contributed by atoms with Gasteiger partial charge in [0.15, 0.2) is 0 Å². The second-order valence-electron chi connectivity index (χ2n) is 9.27. The van der Waals surface area contributed by atoms with Gasteiger partial charge in [0, 0.05) is 5.92 Å². The molecule has 1 saturated heterocycles. The molecule has 3 aromatic rings. The molecule has 0 aromatic heterocycles. The minimum Gasteiger partial charge on any atom is -0.448 e. The van der Waals surface area contributed by atoms with Gasteiger partial charge in [-0.15, -0.1) is 0 Å². The van der Waals surface area contributed by atoms with Gasteiger partial charge in [-0.25, -0.2) is 4.79 Å². The van der Waals surface area contributed by atoms with Crippen molar-refractivity contribution in [2.75, 3.05) is 19.8 Å². The van der Waals surface area contributed by atoms with Crippen LogP contribution in [0.25, 0.3) is 16.7 Å². The smallest absolute Gasteiger partial charge is 0.410 e. The molecule has 0 N–H and O–H groups in total. The van der Waals surface area contributed by atoms with Gasteiger partial charge in [-0.05, 0) is 51.9 Å². The molecule has 2 atom stereocenters. The number of morpholine rings is 1. The summed E-state index contributed by atoms with van der Waals surface area (Å²) >= 11 is 0. The van der Waals surface area contributed by atoms with Crippen LogP contribution in [-0.2, 0) is 9.47 Å². The predicted octanol–water partition coefficient (Wildman–Crippen LogP) is 6.09. The van der Waals surface area contributed by atoms with Gasteiger partial charge in [-0.3, -0.25) is 4.90 Å². The fourth-order valence-electron chi connectivity index (χ4n) is 5.64. The maximum atomic E-state index is 13.3. The Morgan fingerprint density at radius 3 is 2.39 bits per heavy atom. The van der Waals surface area contributed by atoms with Crippen LogP contribution in [0.1, 0.15) is 29.0 Å². The lowest BCUT2D eigenvalue weighted by Crippen LogP contribution is -2.56. The van der Waals surface area contributed by atoms with E-state index < -0.39 is 6.61 Å². The summed E-state index contributed by atoms with van der Waals surface area (Å²) in [5, 5.41) is 0. The Balaban J connectivity index is 1.20. The molecule has 0 saturated carbocycles. The zero-order valence-electron chi connectivity index (χ0n) is 19.5. The van der Waals surface area contributed by atoms with E-state index in [4.69, 9.17) is 9.47 Å². The van der Waals surface area contributed by atoms with Crippen LogP contribution < -0.4 is 4.74 Å². The Morgan fingerprint density at radius 1 is 0.972 bits per heavy atom. The summed E-state index contributed by atoms with van der Waals surface area (Å²) in [4.78, 5) is 15.1. The molecule has 2 aliphatic heterocycles. The zero-order valence-corrected chi connectivity index (χ0v) is 19.5. The maximum absolute atomic E-state index is 13.3. The Morgan fingerprint density at radius 2 is 1.69 bits per heavy atom. The van der Waals surface area contributed by atoms with Crippen LogP contribution >= 0.6 is 0 Å². The van der Waals surface area contributed by atoms with Gasteiger partial charge in [0.2, 0.25) is 0 Å². The van der Waals surface area contributed by atoms with Crippen molar-refractivity contribution in [2.24, 2.45) is 0 Å². The molecule has 36 heavy (non-hydrogen) atoms. The molecule has 2 heterocycles. The maximum Gasteiger partial charge on any atom is 0.410 e. The number of benzene rings is 3. The van der Waals surface area contributed by atoms with E-state index >= 15 is 0 Å². The number of carbonyl (C=O) groups excluding carboxylic acids is 1. The lowest BCUT2D eigenvalue weighted by atomic mass is 9.90. The fourth-order valence-corrected chi connectivity index (χ4v) is 5.64. The third-order valence-corrected chi connectivity index (χ3v) is 7.18. The Kier molecular flexibility index (Phi) is 5.93. The summed E-state index contributed by atoms with van der Waals surface area (Å²) in [6.07, 6.45) is 2.15. The standard InChI is InChI=1S/C29H25F2NO4/c30-28(31)36-22-7-5-6-18(14-22)19-12-20-15-34-16-21(13-19)32(20)29(33)35-17-27-25-10-3-1-8-23(25)24-9-2-4-11-26(24)27/h1-12,14,20-21,27-28H,13,15-17H2. The first kappa shape index (κ1) is 22.7. The highest BCUT2D eigenvalue weighted by molar-refractivity contribution is 5.79. The van der Waals surface area contributed by atoms with E-state index in [1.807, 2.05) is 36.4 Å². The minimum atomic E-state index is -2.88. The van der Waals surface area contributed by atoms with Crippen LogP contribution in [0.3, 0.4) is 0 Å². The second-order valence-corrected chi connectivity index (χ2v) is 9.27. The molecule has 2 unspecified atom stereocenters. The molecule has 0 spiro atoms. The third-order valence-electron chi connectivity index (χ3n) is 7.18. The van der Waals surface area contributed by atoms with Crippen molar-refractivity contribution in [2.45, 2.75) is 31.0 Å². The van der Waals surface area contributed by atoms with Crippen molar-refractivity contribution in [1.29, 1.82) is 0 Å². The largest absolute Gasteiger partial charge is 0.448 e. The number of amides is 1. The second kappa shape index (κ2) is 9.39. The molecular formula is C29H25F2NO4. The molecule has 7 heteroatoms. The number of carbonyl (C=O) groups is 1. The number of nitrogens with zero attached hydrogens (tertiary/aromatic N) is 1. The number of ether oxygens (including phenoxy) is 3. The van der Waals surface area contributed by atoms with Crippen LogP contribution in [0.15, 0.2) is 78.9 Å². The van der Waals surface area contributed by atoms with Crippen LogP contribution in [0.2, 0.25) is 0 Å². The normalized spacial score (nSPS) is 20.5.